The molecule has 0 N–H and O–H groups in total. The standard InChI is InChI=1S/C27H23N3O2/c1-19-14-21(25-16-28-12-13-29-25)15-22-18-30(27(31)26(19)22)17-20-8-10-24(11-9-20)32-23-6-4-2-3-5-7-23/h2-6,8-16H,7,17-18H2,1H3. The Balaban J connectivity index is 1.30. The zero-order valence-corrected chi connectivity index (χ0v) is 17.9. The van der Waals surface area contributed by atoms with Crippen LogP contribution in [-0.2, 0) is 13.1 Å². The third-order valence-corrected chi connectivity index (χ3v) is 5.64. The van der Waals surface area contributed by atoms with E-state index in [1.54, 1.807) is 18.6 Å². The Kier molecular flexibility index (Phi) is 5.38. The zero-order valence-electron chi connectivity index (χ0n) is 17.9. The van der Waals surface area contributed by atoms with Gasteiger partial charge in [-0.25, -0.2) is 0 Å². The fourth-order valence-electron chi connectivity index (χ4n) is 4.12. The number of amides is 1. The first-order valence-corrected chi connectivity index (χ1v) is 10.7. The van der Waals surface area contributed by atoms with E-state index in [9.17, 15) is 4.79 Å². The van der Waals surface area contributed by atoms with E-state index in [0.29, 0.717) is 13.1 Å². The van der Waals surface area contributed by atoms with Crippen molar-refractivity contribution in [3.63, 3.8) is 0 Å². The van der Waals surface area contributed by atoms with Crippen molar-refractivity contribution >= 4 is 5.91 Å². The van der Waals surface area contributed by atoms with Crippen LogP contribution in [-0.4, -0.2) is 20.8 Å². The van der Waals surface area contributed by atoms with Gasteiger partial charge in [-0.15, -0.1) is 0 Å². The topological polar surface area (TPSA) is 55.3 Å². The van der Waals surface area contributed by atoms with Crippen LogP contribution in [0.15, 0.2) is 91.1 Å². The van der Waals surface area contributed by atoms with Crippen LogP contribution in [0.25, 0.3) is 11.3 Å². The Hall–Kier alpha value is -3.99. The highest BCUT2D eigenvalue weighted by molar-refractivity contribution is 6.00. The maximum absolute atomic E-state index is 13.1. The highest BCUT2D eigenvalue weighted by Crippen LogP contribution is 2.31. The molecule has 2 heterocycles. The van der Waals surface area contributed by atoms with Gasteiger partial charge in [0, 0.05) is 43.0 Å². The molecule has 1 aromatic heterocycles. The highest BCUT2D eigenvalue weighted by Gasteiger charge is 2.29. The maximum atomic E-state index is 13.1. The summed E-state index contributed by atoms with van der Waals surface area (Å²) in [5.41, 5.74) is 5.69. The number of aromatic nitrogens is 2. The number of rotatable bonds is 5. The van der Waals surface area contributed by atoms with Gasteiger partial charge >= 0.3 is 0 Å². The summed E-state index contributed by atoms with van der Waals surface area (Å²) in [6, 6.07) is 12.0. The van der Waals surface area contributed by atoms with Crippen LogP contribution in [0.1, 0.15) is 33.5 Å². The number of ether oxygens (including phenoxy) is 1. The van der Waals surface area contributed by atoms with Crippen molar-refractivity contribution < 1.29 is 9.53 Å². The number of hydrogen-bond acceptors (Lipinski definition) is 4. The van der Waals surface area contributed by atoms with E-state index in [0.717, 1.165) is 51.4 Å². The smallest absolute Gasteiger partial charge is 0.255 e. The van der Waals surface area contributed by atoms with Crippen molar-refractivity contribution in [2.45, 2.75) is 26.4 Å². The van der Waals surface area contributed by atoms with Gasteiger partial charge in [-0.05, 0) is 54.0 Å². The van der Waals surface area contributed by atoms with Crippen LogP contribution in [0.3, 0.4) is 0 Å². The molecule has 1 amide bonds. The minimum Gasteiger partial charge on any atom is -0.461 e. The van der Waals surface area contributed by atoms with E-state index < -0.39 is 0 Å². The molecule has 0 unspecified atom stereocenters. The summed E-state index contributed by atoms with van der Waals surface area (Å²) in [5.74, 6) is 1.78. The first-order valence-electron chi connectivity index (χ1n) is 10.7. The lowest BCUT2D eigenvalue weighted by molar-refractivity contribution is 0.0766. The summed E-state index contributed by atoms with van der Waals surface area (Å²) in [5, 5.41) is 0. The van der Waals surface area contributed by atoms with Gasteiger partial charge in [-0.3, -0.25) is 14.8 Å². The van der Waals surface area contributed by atoms with E-state index in [1.807, 2.05) is 66.5 Å². The quantitative estimate of drug-likeness (QED) is 0.554. The minimum atomic E-state index is 0.0747. The van der Waals surface area contributed by atoms with Crippen molar-refractivity contribution in [1.82, 2.24) is 14.9 Å². The average molecular weight is 422 g/mol. The normalized spacial score (nSPS) is 14.8. The van der Waals surface area contributed by atoms with Crippen LogP contribution in [0.5, 0.6) is 5.75 Å². The molecular weight excluding hydrogens is 398 g/mol. The molecule has 5 nitrogen and oxygen atoms in total. The fraction of sp³-hybridized carbons (Fsp3) is 0.148. The maximum Gasteiger partial charge on any atom is 0.255 e. The van der Waals surface area contributed by atoms with E-state index in [-0.39, 0.29) is 5.91 Å². The molecule has 0 radical (unpaired) electrons. The largest absolute Gasteiger partial charge is 0.461 e. The lowest BCUT2D eigenvalue weighted by Gasteiger charge is -2.16. The second kappa shape index (κ2) is 8.63. The third kappa shape index (κ3) is 4.10. The molecule has 0 bridgehead atoms. The number of carbonyl (C=O) groups excluding carboxylic acids is 1. The van der Waals surface area contributed by atoms with Crippen LogP contribution in [0, 0.1) is 6.92 Å². The lowest BCUT2D eigenvalue weighted by atomic mass is 9.99. The predicted octanol–water partition coefficient (Wildman–Crippen LogP) is 5.39. The van der Waals surface area contributed by atoms with Gasteiger partial charge in [0.1, 0.15) is 11.5 Å². The lowest BCUT2D eigenvalue weighted by Crippen LogP contribution is -2.23. The van der Waals surface area contributed by atoms with Crippen LogP contribution in [0.4, 0.5) is 0 Å². The first-order chi connectivity index (χ1) is 15.7. The Bertz CT molecular complexity index is 1240. The fourth-order valence-corrected chi connectivity index (χ4v) is 4.12. The average Bonchev–Trinajstić information content (AvgIpc) is 2.96. The number of benzene rings is 2. The summed E-state index contributed by atoms with van der Waals surface area (Å²) in [6.07, 6.45) is 15.9. The Morgan fingerprint density at radius 3 is 2.75 bits per heavy atom. The summed E-state index contributed by atoms with van der Waals surface area (Å²) >= 11 is 0. The molecule has 2 aromatic carbocycles. The second-order valence-corrected chi connectivity index (χ2v) is 7.98. The van der Waals surface area contributed by atoms with Gasteiger partial charge in [-0.2, -0.15) is 0 Å². The molecule has 2 aliphatic rings. The van der Waals surface area contributed by atoms with Crippen molar-refractivity contribution in [3.05, 3.63) is 113 Å². The van der Waals surface area contributed by atoms with Crippen molar-refractivity contribution in [2.75, 3.05) is 0 Å². The monoisotopic (exact) mass is 421 g/mol. The summed E-state index contributed by atoms with van der Waals surface area (Å²) < 4.78 is 5.97. The first kappa shape index (κ1) is 19.9. The Morgan fingerprint density at radius 1 is 1.06 bits per heavy atom. The summed E-state index contributed by atoms with van der Waals surface area (Å²) in [4.78, 5) is 23.5. The number of allylic oxidation sites excluding steroid dienone is 5. The molecule has 32 heavy (non-hydrogen) atoms. The molecule has 5 heteroatoms. The number of nitrogens with zero attached hydrogens (tertiary/aromatic N) is 3. The molecule has 0 atom stereocenters. The van der Waals surface area contributed by atoms with Crippen molar-refractivity contribution in [2.24, 2.45) is 0 Å². The van der Waals surface area contributed by atoms with Gasteiger partial charge in [0.25, 0.3) is 5.91 Å². The number of fused-ring (bicyclic) bond motifs is 1. The summed E-state index contributed by atoms with van der Waals surface area (Å²) in [6.45, 7) is 3.13. The molecule has 0 saturated heterocycles. The van der Waals surface area contributed by atoms with Crippen LogP contribution >= 0.6 is 0 Å². The SMILES string of the molecule is Cc1cc(-c2cnccn2)cc2c1C(=O)N(Cc1ccc(OC3=CC=CC=CC3)cc1)C2. The molecule has 1 aliphatic carbocycles. The molecule has 158 valence electrons. The zero-order chi connectivity index (χ0) is 21.9. The molecule has 0 spiro atoms. The second-order valence-electron chi connectivity index (χ2n) is 7.98. The van der Waals surface area contributed by atoms with Crippen LogP contribution < -0.4 is 4.74 Å². The molecule has 3 aromatic rings. The van der Waals surface area contributed by atoms with E-state index in [2.05, 4.69) is 22.1 Å². The van der Waals surface area contributed by atoms with Gasteiger partial charge in [-0.1, -0.05) is 36.4 Å². The molecule has 5 rings (SSSR count). The van der Waals surface area contributed by atoms with Gasteiger partial charge < -0.3 is 9.64 Å². The highest BCUT2D eigenvalue weighted by atomic mass is 16.5. The van der Waals surface area contributed by atoms with Gasteiger partial charge in [0.2, 0.25) is 0 Å². The van der Waals surface area contributed by atoms with Crippen molar-refractivity contribution in [1.29, 1.82) is 0 Å². The number of hydrogen-bond donors (Lipinski definition) is 0. The van der Waals surface area contributed by atoms with Crippen molar-refractivity contribution in [3.8, 4) is 17.0 Å². The van der Waals surface area contributed by atoms with Gasteiger partial charge in [0.15, 0.2) is 0 Å². The molecule has 1 aliphatic heterocycles. The third-order valence-electron chi connectivity index (χ3n) is 5.64. The molecular formula is C27H23N3O2. The molecule has 0 fully saturated rings. The van der Waals surface area contributed by atoms with E-state index in [1.165, 1.54) is 0 Å². The number of aryl methyl sites for hydroxylation is 1. The predicted molar refractivity (Wildman–Crippen MR) is 124 cm³/mol. The van der Waals surface area contributed by atoms with E-state index in [4.69, 9.17) is 4.74 Å². The van der Waals surface area contributed by atoms with Gasteiger partial charge in [0.05, 0.1) is 11.9 Å². The summed E-state index contributed by atoms with van der Waals surface area (Å²) in [7, 11) is 0. The van der Waals surface area contributed by atoms with Crippen LogP contribution in [0.2, 0.25) is 0 Å². The molecule has 0 saturated carbocycles. The minimum absolute atomic E-state index is 0.0747. The number of carbonyl (C=O) groups is 1. The Labute approximate surface area is 187 Å². The Morgan fingerprint density at radius 2 is 1.94 bits per heavy atom. The van der Waals surface area contributed by atoms with E-state index >= 15 is 0 Å².